The van der Waals surface area contributed by atoms with Gasteiger partial charge in [-0.2, -0.15) is 8.78 Å². The standard InChI is InChI=1S/C19H19F2NO3S/c1-11-8-9-15(12(2)10-11)22-17(23)13(3)25-18(24)14-6-4-5-7-16(14)26-19(20)21/h4-10,13,19H,1-3H3,(H,22,23)/t13-/m0/s1. The zero-order valence-corrected chi connectivity index (χ0v) is 15.4. The maximum atomic E-state index is 12.6. The topological polar surface area (TPSA) is 55.4 Å². The fourth-order valence-corrected chi connectivity index (χ4v) is 2.93. The van der Waals surface area contributed by atoms with Crippen LogP contribution < -0.4 is 5.32 Å². The van der Waals surface area contributed by atoms with Crippen molar-refractivity contribution in [3.8, 4) is 0 Å². The number of hydrogen-bond donors (Lipinski definition) is 1. The van der Waals surface area contributed by atoms with Crippen molar-refractivity contribution < 1.29 is 23.1 Å². The van der Waals surface area contributed by atoms with E-state index in [0.717, 1.165) is 11.1 Å². The number of ether oxygens (including phenoxy) is 1. The van der Waals surface area contributed by atoms with Gasteiger partial charge in [-0.05, 0) is 44.5 Å². The Balaban J connectivity index is 2.06. The fraction of sp³-hybridized carbons (Fsp3) is 0.263. The Kier molecular flexibility index (Phi) is 6.74. The summed E-state index contributed by atoms with van der Waals surface area (Å²) < 4.78 is 30.4. The molecule has 26 heavy (non-hydrogen) atoms. The molecule has 0 fully saturated rings. The molecule has 138 valence electrons. The van der Waals surface area contributed by atoms with Gasteiger partial charge in [0.25, 0.3) is 11.7 Å². The molecule has 0 radical (unpaired) electrons. The molecule has 0 aliphatic carbocycles. The highest BCUT2D eigenvalue weighted by molar-refractivity contribution is 7.99. The second-order valence-corrected chi connectivity index (χ2v) is 6.76. The zero-order chi connectivity index (χ0) is 19.3. The molecule has 0 aliphatic rings. The summed E-state index contributed by atoms with van der Waals surface area (Å²) in [5.41, 5.74) is 2.57. The number of esters is 1. The molecular weight excluding hydrogens is 360 g/mol. The number of amides is 1. The van der Waals surface area contributed by atoms with E-state index < -0.39 is 23.7 Å². The number of rotatable bonds is 6. The summed E-state index contributed by atoms with van der Waals surface area (Å²) in [5, 5.41) is 2.70. The third-order valence-electron chi connectivity index (χ3n) is 3.62. The van der Waals surface area contributed by atoms with Crippen molar-refractivity contribution in [3.63, 3.8) is 0 Å². The molecule has 0 aromatic heterocycles. The second kappa shape index (κ2) is 8.80. The van der Waals surface area contributed by atoms with Crippen LogP contribution >= 0.6 is 11.8 Å². The first-order chi connectivity index (χ1) is 12.3. The number of halogens is 2. The quantitative estimate of drug-likeness (QED) is 0.578. The lowest BCUT2D eigenvalue weighted by Crippen LogP contribution is -2.30. The monoisotopic (exact) mass is 379 g/mol. The van der Waals surface area contributed by atoms with Crippen molar-refractivity contribution in [3.05, 3.63) is 59.2 Å². The van der Waals surface area contributed by atoms with Crippen LogP contribution in [0.2, 0.25) is 0 Å². The number of thioether (sulfide) groups is 1. The molecule has 0 unspecified atom stereocenters. The molecule has 0 saturated carbocycles. The first kappa shape index (κ1) is 19.9. The Morgan fingerprint density at radius 1 is 1.12 bits per heavy atom. The zero-order valence-electron chi connectivity index (χ0n) is 14.6. The predicted octanol–water partition coefficient (Wildman–Crippen LogP) is 4.80. The lowest BCUT2D eigenvalue weighted by molar-refractivity contribution is -0.123. The second-order valence-electron chi connectivity index (χ2n) is 5.73. The molecule has 0 heterocycles. The number of carbonyl (C=O) groups is 2. The van der Waals surface area contributed by atoms with E-state index in [2.05, 4.69) is 5.32 Å². The Labute approximate surface area is 154 Å². The average molecular weight is 379 g/mol. The molecule has 2 rings (SSSR count). The Hall–Kier alpha value is -2.41. The fourth-order valence-electron chi connectivity index (χ4n) is 2.30. The van der Waals surface area contributed by atoms with E-state index in [1.165, 1.54) is 19.1 Å². The summed E-state index contributed by atoms with van der Waals surface area (Å²) >= 11 is 0.260. The van der Waals surface area contributed by atoms with Crippen LogP contribution in [-0.2, 0) is 9.53 Å². The van der Waals surface area contributed by atoms with Crippen LogP contribution in [0, 0.1) is 13.8 Å². The summed E-state index contributed by atoms with van der Waals surface area (Å²) in [6, 6.07) is 11.5. The van der Waals surface area contributed by atoms with E-state index in [-0.39, 0.29) is 22.2 Å². The number of benzene rings is 2. The summed E-state index contributed by atoms with van der Waals surface area (Å²) in [7, 11) is 0. The lowest BCUT2D eigenvalue weighted by atomic mass is 10.1. The summed E-state index contributed by atoms with van der Waals surface area (Å²) in [6.07, 6.45) is -1.08. The highest BCUT2D eigenvalue weighted by Gasteiger charge is 2.22. The van der Waals surface area contributed by atoms with Crippen molar-refractivity contribution in [2.75, 3.05) is 5.32 Å². The van der Waals surface area contributed by atoms with Gasteiger partial charge in [-0.1, -0.05) is 41.6 Å². The van der Waals surface area contributed by atoms with Gasteiger partial charge in [0.15, 0.2) is 6.10 Å². The molecule has 0 bridgehead atoms. The summed E-state index contributed by atoms with van der Waals surface area (Å²) in [4.78, 5) is 24.6. The van der Waals surface area contributed by atoms with E-state index in [4.69, 9.17) is 4.74 Å². The van der Waals surface area contributed by atoms with E-state index in [9.17, 15) is 18.4 Å². The Morgan fingerprint density at radius 3 is 2.46 bits per heavy atom. The van der Waals surface area contributed by atoms with Crippen molar-refractivity contribution in [2.45, 2.75) is 37.5 Å². The van der Waals surface area contributed by atoms with Gasteiger partial charge in [0.2, 0.25) is 0 Å². The van der Waals surface area contributed by atoms with Gasteiger partial charge >= 0.3 is 5.97 Å². The van der Waals surface area contributed by atoms with E-state index in [1.807, 2.05) is 26.0 Å². The molecule has 0 aliphatic heterocycles. The predicted molar refractivity (Wildman–Crippen MR) is 97.7 cm³/mol. The van der Waals surface area contributed by atoms with Crippen molar-refractivity contribution in [2.24, 2.45) is 0 Å². The molecule has 1 amide bonds. The number of alkyl halides is 2. The molecular formula is C19H19F2NO3S. The first-order valence-corrected chi connectivity index (χ1v) is 8.79. The van der Waals surface area contributed by atoms with Crippen molar-refractivity contribution in [1.82, 2.24) is 0 Å². The first-order valence-electron chi connectivity index (χ1n) is 7.91. The molecule has 2 aromatic carbocycles. The number of aryl methyl sites for hydroxylation is 2. The van der Waals surface area contributed by atoms with Crippen LogP contribution in [0.1, 0.15) is 28.4 Å². The van der Waals surface area contributed by atoms with Crippen molar-refractivity contribution in [1.29, 1.82) is 0 Å². The van der Waals surface area contributed by atoms with Crippen LogP contribution in [0.5, 0.6) is 0 Å². The third-order valence-corrected chi connectivity index (χ3v) is 4.40. The van der Waals surface area contributed by atoms with Gasteiger partial charge in [0.1, 0.15) is 0 Å². The summed E-state index contributed by atoms with van der Waals surface area (Å²) in [5.74, 6) is -3.98. The van der Waals surface area contributed by atoms with E-state index >= 15 is 0 Å². The van der Waals surface area contributed by atoms with Gasteiger partial charge in [0, 0.05) is 10.6 Å². The number of carbonyl (C=O) groups excluding carboxylic acids is 2. The number of nitrogens with one attached hydrogen (secondary N) is 1. The van der Waals surface area contributed by atoms with Crippen LogP contribution in [0.15, 0.2) is 47.4 Å². The third kappa shape index (κ3) is 5.29. The maximum Gasteiger partial charge on any atom is 0.340 e. The highest BCUT2D eigenvalue weighted by atomic mass is 32.2. The molecule has 1 N–H and O–H groups in total. The van der Waals surface area contributed by atoms with E-state index in [0.29, 0.717) is 5.69 Å². The van der Waals surface area contributed by atoms with Crippen LogP contribution in [0.3, 0.4) is 0 Å². The average Bonchev–Trinajstić information content (AvgIpc) is 2.57. The van der Waals surface area contributed by atoms with Gasteiger partial charge in [-0.15, -0.1) is 0 Å². The molecule has 0 spiro atoms. The summed E-state index contributed by atoms with van der Waals surface area (Å²) in [6.45, 7) is 5.23. The lowest BCUT2D eigenvalue weighted by Gasteiger charge is -2.16. The number of anilines is 1. The van der Waals surface area contributed by atoms with Crippen LogP contribution in [0.25, 0.3) is 0 Å². The SMILES string of the molecule is Cc1ccc(NC(=O)[C@H](C)OC(=O)c2ccccc2SC(F)F)c(C)c1. The molecule has 7 heteroatoms. The van der Waals surface area contributed by atoms with Gasteiger partial charge in [-0.3, -0.25) is 4.79 Å². The maximum absolute atomic E-state index is 12.6. The minimum atomic E-state index is -2.66. The number of hydrogen-bond acceptors (Lipinski definition) is 4. The largest absolute Gasteiger partial charge is 0.449 e. The molecule has 2 aromatic rings. The van der Waals surface area contributed by atoms with Gasteiger partial charge < -0.3 is 10.1 Å². The molecule has 0 saturated heterocycles. The van der Waals surface area contributed by atoms with Crippen molar-refractivity contribution >= 4 is 29.3 Å². The van der Waals surface area contributed by atoms with Gasteiger partial charge in [0.05, 0.1) is 5.56 Å². The normalized spacial score (nSPS) is 11.9. The minimum absolute atomic E-state index is 0.00367. The smallest absolute Gasteiger partial charge is 0.340 e. The van der Waals surface area contributed by atoms with E-state index in [1.54, 1.807) is 18.2 Å². The van der Waals surface area contributed by atoms with Gasteiger partial charge in [-0.25, -0.2) is 4.79 Å². The van der Waals surface area contributed by atoms with Crippen LogP contribution in [-0.4, -0.2) is 23.7 Å². The minimum Gasteiger partial charge on any atom is -0.449 e. The molecule has 4 nitrogen and oxygen atoms in total. The molecule has 1 atom stereocenters. The Bertz CT molecular complexity index is 811. The highest BCUT2D eigenvalue weighted by Crippen LogP contribution is 2.29. The Morgan fingerprint density at radius 2 is 1.81 bits per heavy atom. The van der Waals surface area contributed by atoms with Crippen LogP contribution in [0.4, 0.5) is 14.5 Å².